The molecule has 2 aliphatic rings. The Balaban J connectivity index is 1.66. The minimum Gasteiger partial charge on any atom is -0.453 e. The molecule has 0 aromatic heterocycles. The van der Waals surface area contributed by atoms with E-state index in [2.05, 4.69) is 10.0 Å². The van der Waals surface area contributed by atoms with Gasteiger partial charge in [0.2, 0.25) is 10.0 Å². The lowest BCUT2D eigenvalue weighted by Crippen LogP contribution is -2.46. The Morgan fingerprint density at radius 1 is 1.11 bits per heavy atom. The molecule has 148 valence electrons. The molecule has 27 heavy (non-hydrogen) atoms. The minimum absolute atomic E-state index is 0.00794. The molecule has 0 bridgehead atoms. The van der Waals surface area contributed by atoms with E-state index in [-0.39, 0.29) is 29.0 Å². The second-order valence-corrected chi connectivity index (χ2v) is 8.79. The molecular weight excluding hydrogens is 370 g/mol. The highest BCUT2D eigenvalue weighted by molar-refractivity contribution is 7.89. The quantitative estimate of drug-likeness (QED) is 0.784. The number of nitrogens with one attached hydrogen (secondary N) is 2. The maximum atomic E-state index is 12.7. The molecule has 2 N–H and O–H groups in total. The summed E-state index contributed by atoms with van der Waals surface area (Å²) in [5, 5.41) is 2.95. The molecule has 2 fully saturated rings. The lowest BCUT2D eigenvalue weighted by molar-refractivity contribution is 0.0891. The fourth-order valence-electron chi connectivity index (χ4n) is 3.10. The molecule has 3 rings (SSSR count). The van der Waals surface area contributed by atoms with Gasteiger partial charge < -0.3 is 15.0 Å². The first kappa shape index (κ1) is 19.6. The van der Waals surface area contributed by atoms with Gasteiger partial charge in [-0.25, -0.2) is 17.9 Å². The average molecular weight is 395 g/mol. The maximum absolute atomic E-state index is 12.7. The molecule has 1 aromatic rings. The van der Waals surface area contributed by atoms with Gasteiger partial charge in [-0.15, -0.1) is 0 Å². The summed E-state index contributed by atoms with van der Waals surface area (Å²) in [4.78, 5) is 25.9. The van der Waals surface area contributed by atoms with Crippen molar-refractivity contribution >= 4 is 22.0 Å². The summed E-state index contributed by atoms with van der Waals surface area (Å²) in [7, 11) is -2.27. The van der Waals surface area contributed by atoms with Gasteiger partial charge in [0, 0.05) is 30.7 Å². The van der Waals surface area contributed by atoms with E-state index in [1.807, 2.05) is 0 Å². The summed E-state index contributed by atoms with van der Waals surface area (Å²) in [5.41, 5.74) is 1.06. The number of piperidine rings is 1. The Bertz CT molecular complexity index is 827. The molecule has 1 saturated carbocycles. The van der Waals surface area contributed by atoms with E-state index in [9.17, 15) is 18.0 Å². The highest BCUT2D eigenvalue weighted by Crippen LogP contribution is 2.23. The number of hydrogen-bond acceptors (Lipinski definition) is 5. The SMILES string of the molecule is COC(=O)N1CCC(NC(=O)c2cc(S(=O)(=O)NC3CC3)ccc2C)CC1. The summed E-state index contributed by atoms with van der Waals surface area (Å²) in [5.74, 6) is -0.299. The molecule has 8 nitrogen and oxygen atoms in total. The number of likely N-dealkylation sites (tertiary alicyclic amines) is 1. The number of hydrogen-bond donors (Lipinski definition) is 2. The van der Waals surface area contributed by atoms with E-state index in [0.29, 0.717) is 37.1 Å². The van der Waals surface area contributed by atoms with Crippen LogP contribution in [0.4, 0.5) is 4.79 Å². The van der Waals surface area contributed by atoms with Gasteiger partial charge in [0.15, 0.2) is 0 Å². The zero-order valence-electron chi connectivity index (χ0n) is 15.5. The molecule has 0 spiro atoms. The number of carbonyl (C=O) groups is 2. The third kappa shape index (κ3) is 4.78. The first-order valence-corrected chi connectivity index (χ1v) is 10.5. The summed E-state index contributed by atoms with van der Waals surface area (Å²) in [6.45, 7) is 2.80. The topological polar surface area (TPSA) is 105 Å². The van der Waals surface area contributed by atoms with Gasteiger partial charge in [-0.3, -0.25) is 4.79 Å². The van der Waals surface area contributed by atoms with Crippen molar-refractivity contribution in [1.29, 1.82) is 0 Å². The summed E-state index contributed by atoms with van der Waals surface area (Å²) < 4.78 is 32.1. The lowest BCUT2D eigenvalue weighted by atomic mass is 10.0. The Kier molecular flexibility index (Phi) is 5.71. The van der Waals surface area contributed by atoms with E-state index in [1.54, 1.807) is 17.9 Å². The molecule has 9 heteroatoms. The molecule has 2 amide bonds. The molecule has 1 saturated heterocycles. The monoisotopic (exact) mass is 395 g/mol. The van der Waals surface area contributed by atoms with Gasteiger partial charge in [0.05, 0.1) is 12.0 Å². The zero-order valence-corrected chi connectivity index (χ0v) is 16.3. The first-order valence-electron chi connectivity index (χ1n) is 9.07. The predicted molar refractivity (Wildman–Crippen MR) is 99.0 cm³/mol. The van der Waals surface area contributed by atoms with Crippen LogP contribution in [0.25, 0.3) is 0 Å². The van der Waals surface area contributed by atoms with Crippen molar-refractivity contribution in [2.24, 2.45) is 0 Å². The van der Waals surface area contributed by atoms with Crippen molar-refractivity contribution in [3.63, 3.8) is 0 Å². The highest BCUT2D eigenvalue weighted by atomic mass is 32.2. The number of ether oxygens (including phenoxy) is 1. The second kappa shape index (κ2) is 7.85. The summed E-state index contributed by atoms with van der Waals surface area (Å²) in [6, 6.07) is 4.54. The summed E-state index contributed by atoms with van der Waals surface area (Å²) in [6.07, 6.45) is 2.59. The van der Waals surface area contributed by atoms with Crippen LogP contribution >= 0.6 is 0 Å². The minimum atomic E-state index is -3.61. The van der Waals surface area contributed by atoms with Crippen molar-refractivity contribution in [2.45, 2.75) is 49.6 Å². The Morgan fingerprint density at radius 3 is 2.37 bits per heavy atom. The van der Waals surface area contributed by atoms with Crippen molar-refractivity contribution in [3.05, 3.63) is 29.3 Å². The van der Waals surface area contributed by atoms with Crippen LogP contribution in [0, 0.1) is 6.92 Å². The van der Waals surface area contributed by atoms with Crippen molar-refractivity contribution in [3.8, 4) is 0 Å². The number of carbonyl (C=O) groups excluding carboxylic acids is 2. The smallest absolute Gasteiger partial charge is 0.409 e. The highest BCUT2D eigenvalue weighted by Gasteiger charge is 2.29. The number of aryl methyl sites for hydroxylation is 1. The lowest BCUT2D eigenvalue weighted by Gasteiger charge is -2.31. The van der Waals surface area contributed by atoms with Crippen molar-refractivity contribution in [1.82, 2.24) is 14.9 Å². The average Bonchev–Trinajstić information content (AvgIpc) is 3.45. The largest absolute Gasteiger partial charge is 0.453 e. The zero-order chi connectivity index (χ0) is 19.6. The third-order valence-corrected chi connectivity index (χ3v) is 6.44. The molecule has 0 unspecified atom stereocenters. The van der Waals surface area contributed by atoms with Crippen LogP contribution in [-0.4, -0.2) is 57.6 Å². The van der Waals surface area contributed by atoms with Crippen LogP contribution in [-0.2, 0) is 14.8 Å². The van der Waals surface area contributed by atoms with E-state index < -0.39 is 10.0 Å². The van der Waals surface area contributed by atoms with Gasteiger partial charge in [0.1, 0.15) is 0 Å². The van der Waals surface area contributed by atoms with Gasteiger partial charge in [0.25, 0.3) is 5.91 Å². The molecular formula is C18H25N3O5S. The first-order chi connectivity index (χ1) is 12.8. The van der Waals surface area contributed by atoms with Gasteiger partial charge in [-0.05, 0) is 50.3 Å². The number of nitrogens with zero attached hydrogens (tertiary/aromatic N) is 1. The Hall–Kier alpha value is -2.13. The van der Waals surface area contributed by atoms with E-state index in [4.69, 9.17) is 4.74 Å². The van der Waals surface area contributed by atoms with Crippen LogP contribution < -0.4 is 10.0 Å². The van der Waals surface area contributed by atoms with E-state index >= 15 is 0 Å². The molecule has 1 aliphatic carbocycles. The summed E-state index contributed by atoms with van der Waals surface area (Å²) >= 11 is 0. The number of benzene rings is 1. The maximum Gasteiger partial charge on any atom is 0.409 e. The molecule has 0 radical (unpaired) electrons. The normalized spacial score (nSPS) is 18.2. The van der Waals surface area contributed by atoms with Crippen molar-refractivity contribution in [2.75, 3.05) is 20.2 Å². The van der Waals surface area contributed by atoms with Crippen LogP contribution in [0.3, 0.4) is 0 Å². The van der Waals surface area contributed by atoms with E-state index in [1.165, 1.54) is 19.2 Å². The Labute approximate surface area is 159 Å². The number of amides is 2. The molecule has 1 heterocycles. The van der Waals surface area contributed by atoms with E-state index in [0.717, 1.165) is 12.8 Å². The second-order valence-electron chi connectivity index (χ2n) is 7.08. The predicted octanol–water partition coefficient (Wildman–Crippen LogP) is 1.40. The Morgan fingerprint density at radius 2 is 1.78 bits per heavy atom. The molecule has 1 aromatic carbocycles. The van der Waals surface area contributed by atoms with Gasteiger partial charge in [-0.1, -0.05) is 6.07 Å². The molecule has 1 aliphatic heterocycles. The third-order valence-electron chi connectivity index (χ3n) is 4.93. The van der Waals surface area contributed by atoms with Gasteiger partial charge in [-0.2, -0.15) is 0 Å². The fraction of sp³-hybridized carbons (Fsp3) is 0.556. The van der Waals surface area contributed by atoms with Crippen LogP contribution in [0.1, 0.15) is 41.6 Å². The number of methoxy groups -OCH3 is 1. The van der Waals surface area contributed by atoms with Crippen LogP contribution in [0.5, 0.6) is 0 Å². The van der Waals surface area contributed by atoms with Crippen molar-refractivity contribution < 1.29 is 22.7 Å². The fourth-order valence-corrected chi connectivity index (χ4v) is 4.43. The standard InChI is InChI=1S/C18H25N3O5S/c1-12-3-6-15(27(24,25)20-14-4-5-14)11-16(12)17(22)19-13-7-9-21(10-8-13)18(23)26-2/h3,6,11,13-14,20H,4-5,7-10H2,1-2H3,(H,19,22). The number of sulfonamides is 1. The number of rotatable bonds is 5. The van der Waals surface area contributed by atoms with Crippen LogP contribution in [0.2, 0.25) is 0 Å². The molecule has 0 atom stereocenters. The van der Waals surface area contributed by atoms with Gasteiger partial charge >= 0.3 is 6.09 Å². The van der Waals surface area contributed by atoms with Crippen LogP contribution in [0.15, 0.2) is 23.1 Å².